The van der Waals surface area contributed by atoms with Crippen molar-refractivity contribution in [2.24, 2.45) is 5.92 Å². The van der Waals surface area contributed by atoms with Crippen molar-refractivity contribution in [1.29, 1.82) is 0 Å². The van der Waals surface area contributed by atoms with Crippen molar-refractivity contribution in [2.45, 2.75) is 30.2 Å². The molecule has 2 amide bonds. The van der Waals surface area contributed by atoms with Crippen LogP contribution in [0.2, 0.25) is 0 Å². The summed E-state index contributed by atoms with van der Waals surface area (Å²) in [5.41, 5.74) is -4.11. The average molecular weight is 376 g/mol. The third-order valence-electron chi connectivity index (χ3n) is 3.65. The predicted molar refractivity (Wildman–Crippen MR) is 88.3 cm³/mol. The van der Waals surface area contributed by atoms with E-state index in [-0.39, 0.29) is 47.4 Å². The fraction of sp³-hybridized carbons (Fsp3) is 0.500. The number of ether oxygens (including phenoxy) is 1. The zero-order valence-electron chi connectivity index (χ0n) is 13.6. The van der Waals surface area contributed by atoms with Gasteiger partial charge in [0.15, 0.2) is 0 Å². The Morgan fingerprint density at radius 2 is 2.16 bits per heavy atom. The van der Waals surface area contributed by atoms with E-state index in [1.807, 2.05) is 0 Å². The monoisotopic (exact) mass is 376 g/mol. The number of carbonyl (C=O) groups excluding carboxylic acids is 2. The van der Waals surface area contributed by atoms with Crippen molar-refractivity contribution < 1.29 is 27.5 Å². The Bertz CT molecular complexity index is 625. The highest BCUT2D eigenvalue weighted by Gasteiger charge is 2.30. The molecule has 2 rings (SSSR count). The van der Waals surface area contributed by atoms with Crippen molar-refractivity contribution in [1.82, 2.24) is 4.90 Å². The fourth-order valence-corrected chi connectivity index (χ4v) is 3.19. The number of piperidine rings is 1. The van der Waals surface area contributed by atoms with Crippen LogP contribution in [0.1, 0.15) is 19.8 Å². The lowest BCUT2D eigenvalue weighted by atomic mass is 9.98. The maximum atomic E-state index is 12.4. The molecular weight excluding hydrogens is 357 g/mol. The second-order valence-electron chi connectivity index (χ2n) is 5.54. The van der Waals surface area contributed by atoms with Crippen LogP contribution >= 0.6 is 11.8 Å². The van der Waals surface area contributed by atoms with Gasteiger partial charge < -0.3 is 15.0 Å². The molecule has 1 aliphatic heterocycles. The fourth-order valence-electron chi connectivity index (χ4n) is 2.59. The summed E-state index contributed by atoms with van der Waals surface area (Å²) in [6.45, 7) is 2.72. The number of hydrogen-bond acceptors (Lipinski definition) is 4. The lowest BCUT2D eigenvalue weighted by molar-refractivity contribution is -0.149. The van der Waals surface area contributed by atoms with Gasteiger partial charge in [-0.3, -0.25) is 4.79 Å². The van der Waals surface area contributed by atoms with Gasteiger partial charge in [0, 0.05) is 23.7 Å². The summed E-state index contributed by atoms with van der Waals surface area (Å²) in [5.74, 6) is -0.699. The van der Waals surface area contributed by atoms with E-state index in [2.05, 4.69) is 5.32 Å². The molecule has 1 N–H and O–H groups in total. The largest absolute Gasteiger partial charge is 0.466 e. The highest BCUT2D eigenvalue weighted by Crippen LogP contribution is 2.37. The van der Waals surface area contributed by atoms with Gasteiger partial charge in [0.2, 0.25) is 0 Å². The number of nitrogens with one attached hydrogen (secondary N) is 1. The van der Waals surface area contributed by atoms with Gasteiger partial charge in [0.25, 0.3) is 0 Å². The number of rotatable bonds is 4. The van der Waals surface area contributed by atoms with Gasteiger partial charge in [0.1, 0.15) is 0 Å². The molecule has 25 heavy (non-hydrogen) atoms. The maximum Gasteiger partial charge on any atom is 0.446 e. The molecule has 0 bridgehead atoms. The average Bonchev–Trinajstić information content (AvgIpc) is 2.54. The molecule has 1 aliphatic rings. The third kappa shape index (κ3) is 6.15. The summed E-state index contributed by atoms with van der Waals surface area (Å²) >= 11 is -0.239. The highest BCUT2D eigenvalue weighted by molar-refractivity contribution is 8.00. The number of nitrogens with zero attached hydrogens (tertiary/aromatic N) is 1. The first-order valence-corrected chi connectivity index (χ1v) is 8.68. The van der Waals surface area contributed by atoms with E-state index in [4.69, 9.17) is 4.74 Å². The van der Waals surface area contributed by atoms with E-state index in [0.29, 0.717) is 19.4 Å². The van der Waals surface area contributed by atoms with Crippen LogP contribution < -0.4 is 5.32 Å². The molecule has 1 aromatic carbocycles. The first-order chi connectivity index (χ1) is 11.8. The van der Waals surface area contributed by atoms with Gasteiger partial charge in [-0.15, -0.1) is 0 Å². The third-order valence-corrected chi connectivity index (χ3v) is 4.37. The van der Waals surface area contributed by atoms with Crippen LogP contribution in [0.3, 0.4) is 0 Å². The van der Waals surface area contributed by atoms with Crippen molar-refractivity contribution in [3.05, 3.63) is 24.3 Å². The molecule has 0 aromatic heterocycles. The number of esters is 1. The van der Waals surface area contributed by atoms with Crippen LogP contribution in [0, 0.1) is 5.92 Å². The molecule has 1 aromatic rings. The molecule has 0 saturated carbocycles. The molecule has 0 aliphatic carbocycles. The molecule has 9 heteroatoms. The smallest absolute Gasteiger partial charge is 0.446 e. The molecule has 1 fully saturated rings. The molecule has 0 spiro atoms. The lowest BCUT2D eigenvalue weighted by Crippen LogP contribution is -2.44. The van der Waals surface area contributed by atoms with E-state index >= 15 is 0 Å². The van der Waals surface area contributed by atoms with Gasteiger partial charge in [-0.1, -0.05) is 6.07 Å². The van der Waals surface area contributed by atoms with Crippen molar-refractivity contribution >= 4 is 29.4 Å². The number of thioether (sulfide) groups is 1. The van der Waals surface area contributed by atoms with Gasteiger partial charge >= 0.3 is 17.5 Å². The van der Waals surface area contributed by atoms with E-state index in [1.54, 1.807) is 6.92 Å². The van der Waals surface area contributed by atoms with Crippen molar-refractivity contribution in [3.8, 4) is 0 Å². The zero-order chi connectivity index (χ0) is 18.4. The van der Waals surface area contributed by atoms with Crippen LogP contribution in [0.15, 0.2) is 29.2 Å². The van der Waals surface area contributed by atoms with E-state index in [1.165, 1.54) is 29.2 Å². The number of anilines is 1. The molecule has 5 nitrogen and oxygen atoms in total. The summed E-state index contributed by atoms with van der Waals surface area (Å²) in [7, 11) is 0. The molecule has 1 unspecified atom stereocenters. The summed E-state index contributed by atoms with van der Waals surface area (Å²) in [4.78, 5) is 25.6. The topological polar surface area (TPSA) is 58.6 Å². The minimum atomic E-state index is -4.39. The summed E-state index contributed by atoms with van der Waals surface area (Å²) < 4.78 is 42.3. The maximum absolute atomic E-state index is 12.4. The van der Waals surface area contributed by atoms with Gasteiger partial charge in [0.05, 0.1) is 12.5 Å². The van der Waals surface area contributed by atoms with Crippen molar-refractivity contribution in [2.75, 3.05) is 25.0 Å². The molecule has 1 saturated heterocycles. The quantitative estimate of drug-likeness (QED) is 0.635. The van der Waals surface area contributed by atoms with Gasteiger partial charge in [-0.2, -0.15) is 13.2 Å². The Kier molecular flexibility index (Phi) is 6.57. The van der Waals surface area contributed by atoms with Crippen LogP contribution in [0.5, 0.6) is 0 Å². The summed E-state index contributed by atoms with van der Waals surface area (Å²) in [5, 5.41) is 2.58. The number of carbonyl (C=O) groups is 2. The molecule has 1 heterocycles. The highest BCUT2D eigenvalue weighted by atomic mass is 32.2. The van der Waals surface area contributed by atoms with Gasteiger partial charge in [-0.05, 0) is 49.7 Å². The Labute approximate surface area is 147 Å². The predicted octanol–water partition coefficient (Wildman–Crippen LogP) is 4.11. The Balaban J connectivity index is 1.97. The normalized spacial score (nSPS) is 17.9. The molecular formula is C16H19F3N2O3S. The number of halogens is 3. The second kappa shape index (κ2) is 8.46. The zero-order valence-corrected chi connectivity index (χ0v) is 14.5. The summed E-state index contributed by atoms with van der Waals surface area (Å²) in [6.07, 6.45) is 1.32. The van der Waals surface area contributed by atoms with Crippen molar-refractivity contribution in [3.63, 3.8) is 0 Å². The van der Waals surface area contributed by atoms with Crippen LogP contribution in [0.4, 0.5) is 23.7 Å². The first kappa shape index (κ1) is 19.4. The Morgan fingerprint density at radius 3 is 2.84 bits per heavy atom. The second-order valence-corrected chi connectivity index (χ2v) is 6.68. The van der Waals surface area contributed by atoms with Crippen LogP contribution in [-0.4, -0.2) is 42.1 Å². The molecule has 1 atom stereocenters. The SMILES string of the molecule is CCOC(=O)C1CCCN(C(=O)Nc2cccc(SC(F)(F)F)c2)C1. The molecule has 138 valence electrons. The van der Waals surface area contributed by atoms with E-state index < -0.39 is 11.5 Å². The lowest BCUT2D eigenvalue weighted by Gasteiger charge is -2.31. The standard InChI is InChI=1S/C16H19F3N2O3S/c1-2-24-14(22)11-5-4-8-21(10-11)15(23)20-12-6-3-7-13(9-12)25-16(17,18)19/h3,6-7,9,11H,2,4-5,8,10H2,1H3,(H,20,23). The number of benzene rings is 1. The summed E-state index contributed by atoms with van der Waals surface area (Å²) in [6, 6.07) is 5.11. The minimum Gasteiger partial charge on any atom is -0.466 e. The number of hydrogen-bond donors (Lipinski definition) is 1. The number of alkyl halides is 3. The van der Waals surface area contributed by atoms with E-state index in [0.717, 1.165) is 0 Å². The van der Waals surface area contributed by atoms with Crippen LogP contribution in [-0.2, 0) is 9.53 Å². The Hall–Kier alpha value is -1.90. The minimum absolute atomic E-state index is 0.00616. The number of urea groups is 1. The van der Waals surface area contributed by atoms with E-state index in [9.17, 15) is 22.8 Å². The van der Waals surface area contributed by atoms with Gasteiger partial charge in [-0.25, -0.2) is 4.79 Å². The number of amides is 2. The molecule has 0 radical (unpaired) electrons. The Morgan fingerprint density at radius 1 is 1.40 bits per heavy atom. The number of likely N-dealkylation sites (tertiary alicyclic amines) is 1. The van der Waals surface area contributed by atoms with Crippen LogP contribution in [0.25, 0.3) is 0 Å². The first-order valence-electron chi connectivity index (χ1n) is 7.87.